The Labute approximate surface area is 79.1 Å². The Kier molecular flexibility index (Phi) is 9.06. The van der Waals surface area contributed by atoms with Gasteiger partial charge in [-0.25, -0.2) is 0 Å². The maximum absolute atomic E-state index is 11.1. The molecule has 0 spiro atoms. The molecule has 0 unspecified atom stereocenters. The first kappa shape index (κ1) is 12.0. The van der Waals surface area contributed by atoms with Gasteiger partial charge < -0.3 is 4.74 Å². The van der Waals surface area contributed by atoms with E-state index in [0.717, 1.165) is 25.4 Å². The Hall–Kier alpha value is -0.0200. The summed E-state index contributed by atoms with van der Waals surface area (Å²) in [5, 5.41) is 0. The summed E-state index contributed by atoms with van der Waals surface area (Å²) in [4.78, 5) is 11.1. The van der Waals surface area contributed by atoms with Crippen molar-refractivity contribution in [3.8, 4) is 0 Å². The van der Waals surface area contributed by atoms with Crippen LogP contribution >= 0.6 is 11.8 Å². The molecule has 0 rings (SSSR count). The van der Waals surface area contributed by atoms with Crippen LogP contribution in [0.25, 0.3) is 0 Å². The van der Waals surface area contributed by atoms with E-state index in [9.17, 15) is 4.79 Å². The molecule has 12 heavy (non-hydrogen) atoms. The van der Waals surface area contributed by atoms with Gasteiger partial charge in [0.25, 0.3) is 0 Å². The third-order valence-electron chi connectivity index (χ3n) is 1.53. The van der Waals surface area contributed by atoms with E-state index in [1.165, 1.54) is 0 Å². The zero-order valence-corrected chi connectivity index (χ0v) is 8.78. The van der Waals surface area contributed by atoms with Crippen LogP contribution in [0.3, 0.4) is 0 Å². The normalized spacial score (nSPS) is 10.2. The smallest absolute Gasteiger partial charge is 0.133 e. The lowest BCUT2D eigenvalue weighted by Crippen LogP contribution is -2.02. The van der Waals surface area contributed by atoms with Crippen LogP contribution < -0.4 is 0 Å². The van der Waals surface area contributed by atoms with Gasteiger partial charge in [-0.1, -0.05) is 0 Å². The van der Waals surface area contributed by atoms with Crippen molar-refractivity contribution in [2.75, 3.05) is 25.2 Å². The molecular weight excluding hydrogens is 172 g/mol. The fourth-order valence-corrected chi connectivity index (χ4v) is 1.29. The van der Waals surface area contributed by atoms with E-state index in [0.29, 0.717) is 18.6 Å². The third kappa shape index (κ3) is 8.08. The second kappa shape index (κ2) is 9.07. The summed E-state index contributed by atoms with van der Waals surface area (Å²) in [5.41, 5.74) is 0. The molecule has 0 atom stereocenters. The molecule has 0 saturated heterocycles. The predicted molar refractivity (Wildman–Crippen MR) is 53.7 cm³/mol. The van der Waals surface area contributed by atoms with Crippen molar-refractivity contribution in [1.82, 2.24) is 0 Å². The molecular formula is C9H18O2S. The highest BCUT2D eigenvalue weighted by Gasteiger charge is 1.99. The van der Waals surface area contributed by atoms with E-state index >= 15 is 0 Å². The third-order valence-corrected chi connectivity index (χ3v) is 2.15. The molecule has 0 aliphatic heterocycles. The Morgan fingerprint density at radius 2 is 2.17 bits per heavy atom. The van der Waals surface area contributed by atoms with Gasteiger partial charge in [0.15, 0.2) is 0 Å². The minimum Gasteiger partial charge on any atom is -0.382 e. The summed E-state index contributed by atoms with van der Waals surface area (Å²) in [7, 11) is 0. The molecule has 0 heterocycles. The van der Waals surface area contributed by atoms with E-state index in [-0.39, 0.29) is 0 Å². The fraction of sp³-hybridized carbons (Fsp3) is 0.889. The molecule has 0 fully saturated rings. The highest BCUT2D eigenvalue weighted by atomic mass is 32.2. The molecule has 3 heteroatoms. The number of carbonyl (C=O) groups excluding carboxylic acids is 1. The Bertz CT molecular complexity index is 115. The molecule has 72 valence electrons. The number of carbonyl (C=O) groups is 1. The Morgan fingerprint density at radius 1 is 1.42 bits per heavy atom. The first-order chi connectivity index (χ1) is 5.81. The second-order valence-corrected chi connectivity index (χ2v) is 3.57. The number of hydrogen-bond acceptors (Lipinski definition) is 3. The fourth-order valence-electron chi connectivity index (χ4n) is 0.857. The zero-order valence-electron chi connectivity index (χ0n) is 7.97. The predicted octanol–water partition coefficient (Wildman–Crippen LogP) is 2.13. The lowest BCUT2D eigenvalue weighted by molar-refractivity contribution is -0.119. The van der Waals surface area contributed by atoms with Gasteiger partial charge in [-0.15, -0.1) is 0 Å². The van der Waals surface area contributed by atoms with Gasteiger partial charge in [0.1, 0.15) is 5.78 Å². The van der Waals surface area contributed by atoms with E-state index in [1.54, 1.807) is 11.8 Å². The molecule has 0 aliphatic carbocycles. The van der Waals surface area contributed by atoms with Crippen molar-refractivity contribution >= 4 is 17.5 Å². The number of rotatable bonds is 8. The largest absolute Gasteiger partial charge is 0.382 e. The number of ketones is 1. The molecule has 0 aromatic carbocycles. The van der Waals surface area contributed by atoms with Crippen LogP contribution in [-0.4, -0.2) is 31.0 Å². The number of thioether (sulfide) groups is 1. The van der Waals surface area contributed by atoms with Gasteiger partial charge in [0.05, 0.1) is 0 Å². The average molecular weight is 190 g/mol. The van der Waals surface area contributed by atoms with Crippen molar-refractivity contribution in [1.29, 1.82) is 0 Å². The van der Waals surface area contributed by atoms with Crippen molar-refractivity contribution in [3.05, 3.63) is 0 Å². The van der Waals surface area contributed by atoms with Gasteiger partial charge in [-0.2, -0.15) is 11.8 Å². The van der Waals surface area contributed by atoms with Gasteiger partial charge in [0.2, 0.25) is 0 Å². The number of hydrogen-bond donors (Lipinski definition) is 0. The van der Waals surface area contributed by atoms with E-state index in [4.69, 9.17) is 4.74 Å². The summed E-state index contributed by atoms with van der Waals surface area (Å²) in [5.74, 6) is 1.32. The Morgan fingerprint density at radius 3 is 2.75 bits per heavy atom. The highest BCUT2D eigenvalue weighted by molar-refractivity contribution is 7.98. The SMILES string of the molecule is CCOCCCC(=O)CCSC. The average Bonchev–Trinajstić information content (AvgIpc) is 2.09. The minimum absolute atomic E-state index is 0.365. The van der Waals surface area contributed by atoms with E-state index in [1.807, 2.05) is 13.2 Å². The highest BCUT2D eigenvalue weighted by Crippen LogP contribution is 2.01. The Balaban J connectivity index is 3.08. The van der Waals surface area contributed by atoms with Crippen molar-refractivity contribution in [3.63, 3.8) is 0 Å². The van der Waals surface area contributed by atoms with Crippen LogP contribution in [0, 0.1) is 0 Å². The summed E-state index contributed by atoms with van der Waals surface area (Å²) >= 11 is 1.72. The maximum Gasteiger partial charge on any atom is 0.133 e. The molecule has 2 nitrogen and oxygen atoms in total. The quantitative estimate of drug-likeness (QED) is 0.548. The van der Waals surface area contributed by atoms with Crippen LogP contribution in [0.15, 0.2) is 0 Å². The van der Waals surface area contributed by atoms with Gasteiger partial charge in [-0.05, 0) is 25.4 Å². The first-order valence-electron chi connectivity index (χ1n) is 4.39. The van der Waals surface area contributed by atoms with Gasteiger partial charge >= 0.3 is 0 Å². The molecule has 0 saturated carbocycles. The van der Waals surface area contributed by atoms with E-state index in [2.05, 4.69) is 0 Å². The van der Waals surface area contributed by atoms with Crippen LogP contribution in [0.2, 0.25) is 0 Å². The lowest BCUT2D eigenvalue weighted by atomic mass is 10.2. The summed E-state index contributed by atoms with van der Waals surface area (Å²) in [6, 6.07) is 0. The van der Waals surface area contributed by atoms with Gasteiger partial charge in [-0.3, -0.25) is 4.79 Å². The summed E-state index contributed by atoms with van der Waals surface area (Å²) in [6.45, 7) is 3.44. The topological polar surface area (TPSA) is 26.3 Å². The van der Waals surface area contributed by atoms with Crippen LogP contribution in [0.4, 0.5) is 0 Å². The van der Waals surface area contributed by atoms with Crippen molar-refractivity contribution < 1.29 is 9.53 Å². The zero-order chi connectivity index (χ0) is 9.23. The van der Waals surface area contributed by atoms with E-state index < -0.39 is 0 Å². The maximum atomic E-state index is 11.1. The molecule has 0 aromatic rings. The first-order valence-corrected chi connectivity index (χ1v) is 5.79. The molecule has 0 N–H and O–H groups in total. The summed E-state index contributed by atoms with van der Waals surface area (Å²) in [6.07, 6.45) is 4.29. The second-order valence-electron chi connectivity index (χ2n) is 2.58. The molecule has 0 radical (unpaired) electrons. The van der Waals surface area contributed by atoms with Gasteiger partial charge in [0, 0.05) is 26.1 Å². The van der Waals surface area contributed by atoms with Crippen LogP contribution in [0.5, 0.6) is 0 Å². The molecule has 0 aliphatic rings. The standard InChI is InChI=1S/C9H18O2S/c1-3-11-7-4-5-9(10)6-8-12-2/h3-8H2,1-2H3. The number of Topliss-reactive ketones (excluding diaryl/α,β-unsaturated/α-hetero) is 1. The summed E-state index contributed by atoms with van der Waals surface area (Å²) < 4.78 is 5.13. The molecule has 0 aromatic heterocycles. The number of ether oxygens (including phenoxy) is 1. The molecule has 0 bridgehead atoms. The van der Waals surface area contributed by atoms with Crippen LogP contribution in [-0.2, 0) is 9.53 Å². The molecule has 0 amide bonds. The monoisotopic (exact) mass is 190 g/mol. The van der Waals surface area contributed by atoms with Crippen LogP contribution in [0.1, 0.15) is 26.2 Å². The minimum atomic E-state index is 0.365. The van der Waals surface area contributed by atoms with Crippen molar-refractivity contribution in [2.45, 2.75) is 26.2 Å². The lowest BCUT2D eigenvalue weighted by Gasteiger charge is -2.00. The van der Waals surface area contributed by atoms with Crippen molar-refractivity contribution in [2.24, 2.45) is 0 Å².